The second kappa shape index (κ2) is 8.06. The summed E-state index contributed by atoms with van der Waals surface area (Å²) in [5.74, 6) is -0.879. The van der Waals surface area contributed by atoms with Crippen molar-refractivity contribution in [1.29, 1.82) is 0 Å². The molecular formula is C19H16ClN3O5S. The molecule has 150 valence electrons. The van der Waals surface area contributed by atoms with Crippen LogP contribution in [0.15, 0.2) is 57.9 Å². The Balaban J connectivity index is 1.86. The average molecular weight is 434 g/mol. The van der Waals surface area contributed by atoms with E-state index in [9.17, 15) is 18.0 Å². The van der Waals surface area contributed by atoms with E-state index in [1.165, 1.54) is 24.3 Å². The van der Waals surface area contributed by atoms with E-state index < -0.39 is 21.8 Å². The van der Waals surface area contributed by atoms with Gasteiger partial charge in [0.25, 0.3) is 15.9 Å². The number of carbonyl (C=O) groups excluding carboxylic acids is 2. The number of rotatable bonds is 5. The largest absolute Gasteiger partial charge is 0.360 e. The molecule has 8 nitrogen and oxygen atoms in total. The Bertz CT molecular complexity index is 1190. The van der Waals surface area contributed by atoms with Gasteiger partial charge in [-0.15, -0.1) is 0 Å². The van der Waals surface area contributed by atoms with Gasteiger partial charge in [0.05, 0.1) is 9.92 Å². The molecule has 0 atom stereocenters. The molecule has 1 aromatic heterocycles. The molecule has 0 saturated heterocycles. The Morgan fingerprint density at radius 1 is 1.07 bits per heavy atom. The molecule has 2 aromatic carbocycles. The Hall–Kier alpha value is -3.17. The first-order valence-electron chi connectivity index (χ1n) is 8.35. The number of aryl methyl sites for hydroxylation is 1. The van der Waals surface area contributed by atoms with Crippen molar-refractivity contribution in [3.63, 3.8) is 0 Å². The topological polar surface area (TPSA) is 118 Å². The maximum absolute atomic E-state index is 12.8. The van der Waals surface area contributed by atoms with Crippen LogP contribution in [0.3, 0.4) is 0 Å². The van der Waals surface area contributed by atoms with Gasteiger partial charge in [0, 0.05) is 18.2 Å². The van der Waals surface area contributed by atoms with E-state index in [0.717, 1.165) is 6.92 Å². The molecule has 3 aromatic rings. The highest BCUT2D eigenvalue weighted by Gasteiger charge is 2.23. The number of halogens is 1. The van der Waals surface area contributed by atoms with Crippen LogP contribution in [-0.4, -0.2) is 25.4 Å². The Kier molecular flexibility index (Phi) is 5.71. The summed E-state index contributed by atoms with van der Waals surface area (Å²) in [6.07, 6.45) is 0. The highest BCUT2D eigenvalue weighted by molar-refractivity contribution is 7.90. The highest BCUT2D eigenvalue weighted by atomic mass is 35.5. The van der Waals surface area contributed by atoms with Crippen molar-refractivity contribution >= 4 is 39.1 Å². The first-order valence-corrected chi connectivity index (χ1v) is 10.2. The summed E-state index contributed by atoms with van der Waals surface area (Å²) >= 11 is 6.20. The quantitative estimate of drug-likeness (QED) is 0.636. The number of nitrogens with one attached hydrogen (secondary N) is 2. The summed E-state index contributed by atoms with van der Waals surface area (Å²) in [6, 6.07) is 12.3. The van der Waals surface area contributed by atoms with Crippen LogP contribution in [0.1, 0.15) is 23.0 Å². The monoisotopic (exact) mass is 433 g/mol. The van der Waals surface area contributed by atoms with Crippen LogP contribution < -0.4 is 10.0 Å². The molecule has 0 fully saturated rings. The standard InChI is InChI=1S/C19H16ClN3O5S/c1-11-17(18(22-28-11)15-5-3-4-6-16(15)20)19(25)21-13-7-9-14(10-8-13)29(26,27)23-12(2)24/h3-10H,1-2H3,(H,21,25)(H,23,24). The number of hydrogen-bond donors (Lipinski definition) is 2. The molecule has 0 aliphatic heterocycles. The number of benzene rings is 2. The minimum atomic E-state index is -3.95. The molecule has 0 aliphatic rings. The summed E-state index contributed by atoms with van der Waals surface area (Å²) in [7, 11) is -3.95. The summed E-state index contributed by atoms with van der Waals surface area (Å²) in [4.78, 5) is 23.7. The minimum absolute atomic E-state index is 0.108. The van der Waals surface area contributed by atoms with Crippen molar-refractivity contribution < 1.29 is 22.5 Å². The van der Waals surface area contributed by atoms with Crippen LogP contribution in [-0.2, 0) is 14.8 Å². The molecule has 0 aliphatic carbocycles. The molecule has 0 saturated carbocycles. The Morgan fingerprint density at radius 2 is 1.72 bits per heavy atom. The number of anilines is 1. The summed E-state index contributed by atoms with van der Waals surface area (Å²) < 4.78 is 31.0. The maximum atomic E-state index is 12.8. The van der Waals surface area contributed by atoms with Gasteiger partial charge in [-0.2, -0.15) is 0 Å². The fourth-order valence-corrected chi connectivity index (χ4v) is 3.85. The molecule has 29 heavy (non-hydrogen) atoms. The lowest BCUT2D eigenvalue weighted by atomic mass is 10.1. The molecule has 2 N–H and O–H groups in total. The predicted octanol–water partition coefficient (Wildman–Crippen LogP) is 3.38. The van der Waals surface area contributed by atoms with Gasteiger partial charge in [-0.05, 0) is 37.3 Å². The van der Waals surface area contributed by atoms with Gasteiger partial charge in [-0.1, -0.05) is 35.0 Å². The van der Waals surface area contributed by atoms with E-state index >= 15 is 0 Å². The van der Waals surface area contributed by atoms with Gasteiger partial charge < -0.3 is 9.84 Å². The van der Waals surface area contributed by atoms with Crippen molar-refractivity contribution in [3.8, 4) is 11.3 Å². The SMILES string of the molecule is CC(=O)NS(=O)(=O)c1ccc(NC(=O)c2c(-c3ccccc3Cl)noc2C)cc1. The van der Waals surface area contributed by atoms with E-state index in [1.54, 1.807) is 31.2 Å². The lowest BCUT2D eigenvalue weighted by molar-refractivity contribution is -0.117. The molecule has 0 spiro atoms. The molecule has 3 rings (SSSR count). The number of aromatic nitrogens is 1. The first kappa shape index (κ1) is 20.6. The molecular weight excluding hydrogens is 418 g/mol. The fraction of sp³-hybridized carbons (Fsp3) is 0.105. The van der Waals surface area contributed by atoms with Crippen LogP contribution in [0.2, 0.25) is 5.02 Å². The Morgan fingerprint density at radius 3 is 2.34 bits per heavy atom. The third-order valence-corrected chi connectivity index (χ3v) is 5.70. The molecule has 0 radical (unpaired) electrons. The fourth-order valence-electron chi connectivity index (χ4n) is 2.64. The second-order valence-electron chi connectivity index (χ2n) is 6.08. The van der Waals surface area contributed by atoms with E-state index in [1.807, 2.05) is 4.72 Å². The van der Waals surface area contributed by atoms with Crippen LogP contribution in [0.5, 0.6) is 0 Å². The van der Waals surface area contributed by atoms with Crippen LogP contribution in [0.4, 0.5) is 5.69 Å². The van der Waals surface area contributed by atoms with E-state index in [-0.39, 0.29) is 10.5 Å². The van der Waals surface area contributed by atoms with E-state index in [2.05, 4.69) is 10.5 Å². The molecule has 0 unspecified atom stereocenters. The number of hydrogen-bond acceptors (Lipinski definition) is 6. The zero-order chi connectivity index (χ0) is 21.2. The average Bonchev–Trinajstić information content (AvgIpc) is 3.03. The first-order chi connectivity index (χ1) is 13.7. The number of amides is 2. The number of sulfonamides is 1. The zero-order valence-electron chi connectivity index (χ0n) is 15.4. The van der Waals surface area contributed by atoms with E-state index in [0.29, 0.717) is 27.7 Å². The van der Waals surface area contributed by atoms with Crippen LogP contribution in [0.25, 0.3) is 11.3 Å². The van der Waals surface area contributed by atoms with Gasteiger partial charge >= 0.3 is 0 Å². The third-order valence-electron chi connectivity index (χ3n) is 3.92. The molecule has 10 heteroatoms. The van der Waals surface area contributed by atoms with Crippen molar-refractivity contribution in [1.82, 2.24) is 9.88 Å². The van der Waals surface area contributed by atoms with Gasteiger partial charge in [-0.25, -0.2) is 13.1 Å². The van der Waals surface area contributed by atoms with Gasteiger partial charge in [0.15, 0.2) is 0 Å². The van der Waals surface area contributed by atoms with Crippen LogP contribution in [0, 0.1) is 6.92 Å². The summed E-state index contributed by atoms with van der Waals surface area (Å²) in [5.41, 5.74) is 1.42. The Labute approximate surface area is 171 Å². The number of nitrogens with zero attached hydrogens (tertiary/aromatic N) is 1. The lowest BCUT2D eigenvalue weighted by Crippen LogP contribution is -2.28. The van der Waals surface area contributed by atoms with Crippen molar-refractivity contribution in [2.24, 2.45) is 0 Å². The van der Waals surface area contributed by atoms with Gasteiger partial charge in [0.2, 0.25) is 5.91 Å². The van der Waals surface area contributed by atoms with Crippen molar-refractivity contribution in [2.75, 3.05) is 5.32 Å². The lowest BCUT2D eigenvalue weighted by Gasteiger charge is -2.08. The molecule has 0 bridgehead atoms. The predicted molar refractivity (Wildman–Crippen MR) is 107 cm³/mol. The van der Waals surface area contributed by atoms with E-state index in [4.69, 9.17) is 16.1 Å². The second-order valence-corrected chi connectivity index (χ2v) is 8.17. The summed E-state index contributed by atoms with van der Waals surface area (Å²) in [5, 5.41) is 7.03. The van der Waals surface area contributed by atoms with Crippen molar-refractivity contribution in [3.05, 3.63) is 64.9 Å². The van der Waals surface area contributed by atoms with Crippen LogP contribution >= 0.6 is 11.6 Å². The van der Waals surface area contributed by atoms with Gasteiger partial charge in [0.1, 0.15) is 17.0 Å². The third kappa shape index (κ3) is 4.47. The number of carbonyl (C=O) groups is 2. The smallest absolute Gasteiger partial charge is 0.264 e. The molecule has 2 amide bonds. The highest BCUT2D eigenvalue weighted by Crippen LogP contribution is 2.31. The summed E-state index contributed by atoms with van der Waals surface area (Å²) in [6.45, 7) is 2.70. The normalized spacial score (nSPS) is 11.1. The van der Waals surface area contributed by atoms with Gasteiger partial charge in [-0.3, -0.25) is 9.59 Å². The zero-order valence-corrected chi connectivity index (χ0v) is 17.0. The maximum Gasteiger partial charge on any atom is 0.264 e. The molecule has 1 heterocycles. The minimum Gasteiger partial charge on any atom is -0.360 e. The van der Waals surface area contributed by atoms with Crippen molar-refractivity contribution in [2.45, 2.75) is 18.7 Å².